The van der Waals surface area contributed by atoms with Crippen LogP contribution in [-0.2, 0) is 16.0 Å². The summed E-state index contributed by atoms with van der Waals surface area (Å²) in [4.78, 5) is 40.2. The number of thioether (sulfide) groups is 1. The number of halogens is 1. The largest absolute Gasteiger partial charge is 0.497 e. The maximum absolute atomic E-state index is 14.2. The van der Waals surface area contributed by atoms with Crippen LogP contribution in [0.2, 0.25) is 5.02 Å². The predicted molar refractivity (Wildman–Crippen MR) is 156 cm³/mol. The normalized spacial score (nSPS) is 16.9. The van der Waals surface area contributed by atoms with Gasteiger partial charge in [-0.1, -0.05) is 78.0 Å². The average Bonchev–Trinajstić information content (AvgIpc) is 3.43. The molecule has 2 heterocycles. The first-order valence-electron chi connectivity index (χ1n) is 12.8. The number of carbonyl (C=O) groups excluding carboxylic acids is 3. The van der Waals surface area contributed by atoms with Crippen LogP contribution in [0.1, 0.15) is 21.2 Å². The molecule has 0 saturated carbocycles. The smallest absolute Gasteiger partial charge is 0.258 e. The summed E-state index contributed by atoms with van der Waals surface area (Å²) in [6, 6.07) is 21.5. The molecule has 12 heteroatoms. The van der Waals surface area contributed by atoms with Crippen LogP contribution in [0.4, 0.5) is 0 Å². The maximum atomic E-state index is 14.2. The highest BCUT2D eigenvalue weighted by Gasteiger charge is 2.42. The standard InChI is InChI=1S/C29H27ClN6O4S/c1-40-19-13-11-18(12-14-19)25-24(33-27(38)22(32-23(37)16-31)15-17-7-3-2-4-8-17)28(39)36-26(34-35-29(36)41-25)20-9-5-6-10-21(20)30/h2-14,22,24-25H,15-16,31H2,1H3,(H,32,37)(H,33,38)/t22-,24-,25+/m0/s1. The fourth-order valence-corrected chi connectivity index (χ4v) is 6.00. The van der Waals surface area contributed by atoms with E-state index >= 15 is 0 Å². The molecular formula is C29H27ClN6O4S. The van der Waals surface area contributed by atoms with Gasteiger partial charge in [0.2, 0.25) is 11.8 Å². The van der Waals surface area contributed by atoms with Crippen molar-refractivity contribution in [2.75, 3.05) is 13.7 Å². The van der Waals surface area contributed by atoms with E-state index in [2.05, 4.69) is 20.8 Å². The summed E-state index contributed by atoms with van der Waals surface area (Å²) in [5, 5.41) is 14.4. The van der Waals surface area contributed by atoms with E-state index in [0.717, 1.165) is 11.1 Å². The van der Waals surface area contributed by atoms with Crippen molar-refractivity contribution in [3.8, 4) is 17.1 Å². The first kappa shape index (κ1) is 28.3. The van der Waals surface area contributed by atoms with Crippen LogP contribution in [0.3, 0.4) is 0 Å². The van der Waals surface area contributed by atoms with Gasteiger partial charge in [-0.25, -0.2) is 4.57 Å². The summed E-state index contributed by atoms with van der Waals surface area (Å²) in [5.74, 6) is -0.523. The number of methoxy groups -OCH3 is 1. The highest BCUT2D eigenvalue weighted by atomic mass is 35.5. The lowest BCUT2D eigenvalue weighted by Crippen LogP contribution is -2.56. The number of nitrogens with one attached hydrogen (secondary N) is 2. The Balaban J connectivity index is 1.52. The molecule has 0 fully saturated rings. The molecular weight excluding hydrogens is 564 g/mol. The number of amides is 2. The number of fused-ring (bicyclic) bond motifs is 1. The second-order valence-corrected chi connectivity index (χ2v) is 10.8. The minimum absolute atomic E-state index is 0.211. The average molecular weight is 591 g/mol. The minimum Gasteiger partial charge on any atom is -0.497 e. The Morgan fingerprint density at radius 3 is 2.44 bits per heavy atom. The van der Waals surface area contributed by atoms with E-state index < -0.39 is 35.1 Å². The lowest BCUT2D eigenvalue weighted by molar-refractivity contribution is -0.128. The van der Waals surface area contributed by atoms with Crippen LogP contribution in [0.5, 0.6) is 5.75 Å². The van der Waals surface area contributed by atoms with Gasteiger partial charge in [0.05, 0.1) is 23.9 Å². The van der Waals surface area contributed by atoms with E-state index in [0.29, 0.717) is 21.5 Å². The summed E-state index contributed by atoms with van der Waals surface area (Å²) in [7, 11) is 1.57. The van der Waals surface area contributed by atoms with Crippen molar-refractivity contribution in [3.63, 3.8) is 0 Å². The Morgan fingerprint density at radius 1 is 1.05 bits per heavy atom. The lowest BCUT2D eigenvalue weighted by Gasteiger charge is -2.32. The van der Waals surface area contributed by atoms with E-state index in [1.54, 1.807) is 43.5 Å². The van der Waals surface area contributed by atoms with Gasteiger partial charge in [-0.05, 0) is 35.4 Å². The van der Waals surface area contributed by atoms with Crippen LogP contribution < -0.4 is 21.1 Å². The summed E-state index contributed by atoms with van der Waals surface area (Å²) in [6.07, 6.45) is 0.211. The summed E-state index contributed by atoms with van der Waals surface area (Å²) in [6.45, 7) is -0.281. The second-order valence-electron chi connectivity index (χ2n) is 9.27. The number of benzene rings is 3. The van der Waals surface area contributed by atoms with Gasteiger partial charge < -0.3 is 21.1 Å². The zero-order valence-electron chi connectivity index (χ0n) is 22.0. The van der Waals surface area contributed by atoms with E-state index in [9.17, 15) is 14.4 Å². The van der Waals surface area contributed by atoms with Crippen LogP contribution in [0, 0.1) is 0 Å². The maximum Gasteiger partial charge on any atom is 0.258 e. The highest BCUT2D eigenvalue weighted by Crippen LogP contribution is 2.43. The third-order valence-electron chi connectivity index (χ3n) is 6.63. The molecule has 1 aromatic heterocycles. The first-order valence-corrected chi connectivity index (χ1v) is 14.0. The molecule has 2 amide bonds. The van der Waals surface area contributed by atoms with Crippen molar-refractivity contribution in [1.82, 2.24) is 25.4 Å². The van der Waals surface area contributed by atoms with Crippen molar-refractivity contribution < 1.29 is 19.1 Å². The molecule has 4 aromatic rings. The molecule has 0 aliphatic carbocycles. The molecule has 1 aliphatic rings. The third kappa shape index (κ3) is 6.12. The van der Waals surface area contributed by atoms with Crippen molar-refractivity contribution in [1.29, 1.82) is 0 Å². The van der Waals surface area contributed by atoms with Gasteiger partial charge >= 0.3 is 0 Å². The highest BCUT2D eigenvalue weighted by molar-refractivity contribution is 7.99. The molecule has 41 heavy (non-hydrogen) atoms. The molecule has 0 unspecified atom stereocenters. The molecule has 0 spiro atoms. The molecule has 1 aliphatic heterocycles. The van der Waals surface area contributed by atoms with Gasteiger partial charge in [-0.3, -0.25) is 14.4 Å². The zero-order valence-corrected chi connectivity index (χ0v) is 23.6. The van der Waals surface area contributed by atoms with Gasteiger partial charge in [-0.2, -0.15) is 0 Å². The second kappa shape index (κ2) is 12.5. The number of rotatable bonds is 9. The van der Waals surface area contributed by atoms with Gasteiger partial charge in [0.25, 0.3) is 5.91 Å². The van der Waals surface area contributed by atoms with Crippen molar-refractivity contribution in [2.24, 2.45) is 5.73 Å². The van der Waals surface area contributed by atoms with Crippen LogP contribution in [0.25, 0.3) is 11.4 Å². The number of ether oxygens (including phenoxy) is 1. The zero-order chi connectivity index (χ0) is 28.9. The van der Waals surface area contributed by atoms with Crippen molar-refractivity contribution in [3.05, 3.63) is 95.0 Å². The van der Waals surface area contributed by atoms with Crippen LogP contribution >= 0.6 is 23.4 Å². The molecule has 5 rings (SSSR count). The van der Waals surface area contributed by atoms with Gasteiger partial charge in [0.1, 0.15) is 17.8 Å². The number of aromatic nitrogens is 3. The van der Waals surface area contributed by atoms with Gasteiger partial charge in [-0.15, -0.1) is 10.2 Å². The third-order valence-corrected chi connectivity index (χ3v) is 8.23. The predicted octanol–water partition coefficient (Wildman–Crippen LogP) is 3.27. The monoisotopic (exact) mass is 590 g/mol. The number of nitrogens with zero attached hydrogens (tertiary/aromatic N) is 3. The minimum atomic E-state index is -1.03. The summed E-state index contributed by atoms with van der Waals surface area (Å²) in [5.41, 5.74) is 7.67. The van der Waals surface area contributed by atoms with Crippen LogP contribution in [-0.4, -0.2) is 58.2 Å². The molecule has 3 atom stereocenters. The fraction of sp³-hybridized carbons (Fsp3) is 0.207. The van der Waals surface area contributed by atoms with Gasteiger partial charge in [0, 0.05) is 12.0 Å². The van der Waals surface area contributed by atoms with E-state index in [-0.39, 0.29) is 18.8 Å². The number of hydrogen-bond donors (Lipinski definition) is 3. The van der Waals surface area contributed by atoms with E-state index in [1.807, 2.05) is 42.5 Å². The molecule has 0 bridgehead atoms. The molecule has 0 radical (unpaired) electrons. The SMILES string of the molecule is COc1ccc([C@H]2Sc3nnc(-c4ccccc4Cl)n3C(=O)[C@H]2NC(=O)[C@H](Cc2ccccc2)NC(=O)CN)cc1. The van der Waals surface area contributed by atoms with Crippen molar-refractivity contribution >= 4 is 41.1 Å². The van der Waals surface area contributed by atoms with Gasteiger partial charge in [0.15, 0.2) is 11.0 Å². The molecule has 210 valence electrons. The quantitative estimate of drug-likeness (QED) is 0.270. The topological polar surface area (TPSA) is 141 Å². The number of nitrogens with two attached hydrogens (primary N) is 1. The Morgan fingerprint density at radius 2 is 1.76 bits per heavy atom. The summed E-state index contributed by atoms with van der Waals surface area (Å²) < 4.78 is 6.67. The summed E-state index contributed by atoms with van der Waals surface area (Å²) >= 11 is 7.72. The Kier molecular flexibility index (Phi) is 8.67. The van der Waals surface area contributed by atoms with E-state index in [1.165, 1.54) is 16.3 Å². The van der Waals surface area contributed by atoms with Crippen LogP contribution in [0.15, 0.2) is 84.0 Å². The van der Waals surface area contributed by atoms with Crippen molar-refractivity contribution in [2.45, 2.75) is 28.9 Å². The molecule has 3 aromatic carbocycles. The Labute approximate surface area is 245 Å². The Hall–Kier alpha value is -4.19. The fourth-order valence-electron chi connectivity index (χ4n) is 4.57. The number of hydrogen-bond acceptors (Lipinski definition) is 8. The Bertz CT molecular complexity index is 1560. The van der Waals surface area contributed by atoms with E-state index in [4.69, 9.17) is 22.1 Å². The number of carbonyl (C=O) groups is 3. The molecule has 0 saturated heterocycles. The molecule has 4 N–H and O–H groups in total. The molecule has 10 nitrogen and oxygen atoms in total. The lowest BCUT2D eigenvalue weighted by atomic mass is 10.0. The first-order chi connectivity index (χ1) is 19.9.